The van der Waals surface area contributed by atoms with Gasteiger partial charge in [0.1, 0.15) is 5.69 Å². The van der Waals surface area contributed by atoms with E-state index in [9.17, 15) is 8.78 Å². The molecule has 2 rings (SSSR count). The van der Waals surface area contributed by atoms with Crippen molar-refractivity contribution in [2.24, 2.45) is 0 Å². The average molecular weight is 342 g/mol. The number of anilines is 1. The maximum atomic E-state index is 13.0. The number of rotatable bonds is 8. The minimum atomic E-state index is -2.66. The highest BCUT2D eigenvalue weighted by molar-refractivity contribution is 6.30. The molecule has 0 atom stereocenters. The van der Waals surface area contributed by atoms with Gasteiger partial charge in [0, 0.05) is 30.3 Å². The quantitative estimate of drug-likeness (QED) is 0.714. The summed E-state index contributed by atoms with van der Waals surface area (Å²) < 4.78 is 31.3. The zero-order chi connectivity index (χ0) is 16.7. The molecule has 1 aromatic heterocycles. The summed E-state index contributed by atoms with van der Waals surface area (Å²) in [4.78, 5) is 8.15. The lowest BCUT2D eigenvalue weighted by molar-refractivity contribution is 0.145. The highest BCUT2D eigenvalue weighted by Crippen LogP contribution is 2.25. The first kappa shape index (κ1) is 17.6. The van der Waals surface area contributed by atoms with Crippen LogP contribution >= 0.6 is 11.6 Å². The van der Waals surface area contributed by atoms with Gasteiger partial charge in [0.25, 0.3) is 6.43 Å². The zero-order valence-corrected chi connectivity index (χ0v) is 13.5. The lowest BCUT2D eigenvalue weighted by atomic mass is 10.1. The number of alkyl halides is 2. The minimum absolute atomic E-state index is 0.184. The van der Waals surface area contributed by atoms with Crippen LogP contribution in [0.3, 0.4) is 0 Å². The van der Waals surface area contributed by atoms with Crippen LogP contribution in [0, 0.1) is 0 Å². The van der Waals surface area contributed by atoms with Crippen molar-refractivity contribution in [3.05, 3.63) is 41.0 Å². The number of aromatic nitrogens is 2. The number of nitrogens with zero attached hydrogens (tertiary/aromatic N) is 2. The molecule has 0 radical (unpaired) electrons. The Morgan fingerprint density at radius 3 is 2.61 bits per heavy atom. The van der Waals surface area contributed by atoms with E-state index in [0.717, 1.165) is 6.42 Å². The first-order valence-electron chi connectivity index (χ1n) is 7.35. The molecule has 7 heteroatoms. The number of halogens is 3. The fourth-order valence-corrected chi connectivity index (χ4v) is 2.07. The summed E-state index contributed by atoms with van der Waals surface area (Å²) in [6, 6.07) is 8.14. The van der Waals surface area contributed by atoms with E-state index >= 15 is 0 Å². The number of hydrogen-bond acceptors (Lipinski definition) is 4. The predicted molar refractivity (Wildman–Crippen MR) is 87.0 cm³/mol. The third-order valence-corrected chi connectivity index (χ3v) is 3.31. The maximum Gasteiger partial charge on any atom is 0.280 e. The van der Waals surface area contributed by atoms with E-state index in [1.807, 2.05) is 6.92 Å². The minimum Gasteiger partial charge on any atom is -0.382 e. The van der Waals surface area contributed by atoms with Gasteiger partial charge in [-0.15, -0.1) is 0 Å². The van der Waals surface area contributed by atoms with Crippen molar-refractivity contribution >= 4 is 17.5 Å². The third-order valence-electron chi connectivity index (χ3n) is 3.06. The van der Waals surface area contributed by atoms with Gasteiger partial charge in [0.05, 0.1) is 5.69 Å². The molecule has 4 nitrogen and oxygen atoms in total. The van der Waals surface area contributed by atoms with Crippen molar-refractivity contribution in [2.45, 2.75) is 19.8 Å². The van der Waals surface area contributed by atoms with Crippen LogP contribution in [0.2, 0.25) is 5.02 Å². The number of ether oxygens (including phenoxy) is 1. The van der Waals surface area contributed by atoms with Crippen molar-refractivity contribution in [1.82, 2.24) is 9.97 Å². The van der Waals surface area contributed by atoms with E-state index in [4.69, 9.17) is 16.3 Å². The van der Waals surface area contributed by atoms with Crippen molar-refractivity contribution in [3.63, 3.8) is 0 Å². The van der Waals surface area contributed by atoms with E-state index in [1.54, 1.807) is 24.3 Å². The van der Waals surface area contributed by atoms with Crippen molar-refractivity contribution < 1.29 is 13.5 Å². The average Bonchev–Trinajstić information content (AvgIpc) is 2.55. The summed E-state index contributed by atoms with van der Waals surface area (Å²) in [7, 11) is 0. The van der Waals surface area contributed by atoms with Gasteiger partial charge in [0.2, 0.25) is 5.95 Å². The van der Waals surface area contributed by atoms with Crippen molar-refractivity contribution in [3.8, 4) is 11.3 Å². The van der Waals surface area contributed by atoms with Gasteiger partial charge in [-0.05, 0) is 31.5 Å². The predicted octanol–water partition coefficient (Wildman–Crippen LogP) is 4.57. The first-order chi connectivity index (χ1) is 11.1. The van der Waals surface area contributed by atoms with E-state index in [2.05, 4.69) is 15.3 Å². The summed E-state index contributed by atoms with van der Waals surface area (Å²) in [5, 5.41) is 3.53. The van der Waals surface area contributed by atoms with E-state index in [0.29, 0.717) is 36.0 Å². The Kier molecular flexibility index (Phi) is 6.67. The van der Waals surface area contributed by atoms with Gasteiger partial charge in [-0.2, -0.15) is 0 Å². The normalized spacial score (nSPS) is 11.0. The molecule has 0 saturated heterocycles. The standard InChI is InChI=1S/C16H18ClF2N3O/c1-2-23-9-3-8-20-16-21-13(10-14(22-16)15(18)19)11-4-6-12(17)7-5-11/h4-7,10,15H,2-3,8-9H2,1H3,(H,20,21,22). The molecule has 0 bridgehead atoms. The molecular formula is C16H18ClF2N3O. The number of nitrogens with one attached hydrogen (secondary N) is 1. The van der Waals surface area contributed by atoms with Crippen LogP contribution in [-0.2, 0) is 4.74 Å². The molecule has 0 unspecified atom stereocenters. The summed E-state index contributed by atoms with van der Waals surface area (Å²) in [6.45, 7) is 3.72. The summed E-state index contributed by atoms with van der Waals surface area (Å²) in [6.07, 6.45) is -1.92. The van der Waals surface area contributed by atoms with Crippen LogP contribution in [0.4, 0.5) is 14.7 Å². The van der Waals surface area contributed by atoms with Gasteiger partial charge in [-0.3, -0.25) is 0 Å². The highest BCUT2D eigenvalue weighted by Gasteiger charge is 2.14. The van der Waals surface area contributed by atoms with Gasteiger partial charge in [-0.25, -0.2) is 18.7 Å². The zero-order valence-electron chi connectivity index (χ0n) is 12.7. The molecule has 0 aliphatic heterocycles. The number of benzene rings is 1. The Labute approximate surface area is 138 Å². The van der Waals surface area contributed by atoms with Crippen LogP contribution in [-0.4, -0.2) is 29.7 Å². The molecule has 23 heavy (non-hydrogen) atoms. The number of hydrogen-bond donors (Lipinski definition) is 1. The Balaban J connectivity index is 2.16. The van der Waals surface area contributed by atoms with E-state index < -0.39 is 6.43 Å². The molecule has 1 N–H and O–H groups in total. The van der Waals surface area contributed by atoms with Gasteiger partial charge >= 0.3 is 0 Å². The molecular weight excluding hydrogens is 324 g/mol. The van der Waals surface area contributed by atoms with Crippen LogP contribution in [0.5, 0.6) is 0 Å². The molecule has 1 aromatic carbocycles. The van der Waals surface area contributed by atoms with Crippen molar-refractivity contribution in [1.29, 1.82) is 0 Å². The largest absolute Gasteiger partial charge is 0.382 e. The summed E-state index contributed by atoms with van der Waals surface area (Å²) in [5.74, 6) is 0.184. The summed E-state index contributed by atoms with van der Waals surface area (Å²) >= 11 is 5.85. The summed E-state index contributed by atoms with van der Waals surface area (Å²) in [5.41, 5.74) is 0.826. The molecule has 0 spiro atoms. The van der Waals surface area contributed by atoms with Gasteiger partial charge < -0.3 is 10.1 Å². The van der Waals surface area contributed by atoms with Gasteiger partial charge in [-0.1, -0.05) is 23.7 Å². The Morgan fingerprint density at radius 2 is 1.96 bits per heavy atom. The molecule has 0 aliphatic rings. The Hall–Kier alpha value is -1.79. The second-order valence-electron chi connectivity index (χ2n) is 4.79. The Bertz CT molecular complexity index is 623. The molecule has 124 valence electrons. The first-order valence-corrected chi connectivity index (χ1v) is 7.72. The smallest absolute Gasteiger partial charge is 0.280 e. The fourth-order valence-electron chi connectivity index (χ4n) is 1.94. The molecule has 0 saturated carbocycles. The molecule has 2 aromatic rings. The topological polar surface area (TPSA) is 47.0 Å². The third kappa shape index (κ3) is 5.41. The van der Waals surface area contributed by atoms with Crippen molar-refractivity contribution in [2.75, 3.05) is 25.1 Å². The van der Waals surface area contributed by atoms with Crippen LogP contribution < -0.4 is 5.32 Å². The molecule has 0 amide bonds. The van der Waals surface area contributed by atoms with E-state index in [1.165, 1.54) is 6.07 Å². The Morgan fingerprint density at radius 1 is 1.22 bits per heavy atom. The fraction of sp³-hybridized carbons (Fsp3) is 0.375. The lowest BCUT2D eigenvalue weighted by Gasteiger charge is -2.10. The molecule has 1 heterocycles. The second kappa shape index (κ2) is 8.74. The van der Waals surface area contributed by atoms with E-state index in [-0.39, 0.29) is 11.6 Å². The molecule has 0 fully saturated rings. The van der Waals surface area contributed by atoms with Gasteiger partial charge in [0.15, 0.2) is 0 Å². The maximum absolute atomic E-state index is 13.0. The lowest BCUT2D eigenvalue weighted by Crippen LogP contribution is -2.10. The van der Waals surface area contributed by atoms with Crippen LogP contribution in [0.25, 0.3) is 11.3 Å². The highest BCUT2D eigenvalue weighted by atomic mass is 35.5. The molecule has 0 aliphatic carbocycles. The van der Waals surface area contributed by atoms with Crippen LogP contribution in [0.15, 0.2) is 30.3 Å². The SMILES string of the molecule is CCOCCCNc1nc(-c2ccc(Cl)cc2)cc(C(F)F)n1. The van der Waals surface area contributed by atoms with Crippen LogP contribution in [0.1, 0.15) is 25.5 Å². The monoisotopic (exact) mass is 341 g/mol. The second-order valence-corrected chi connectivity index (χ2v) is 5.22.